The van der Waals surface area contributed by atoms with Crippen LogP contribution in [-0.4, -0.2) is 28.5 Å². The summed E-state index contributed by atoms with van der Waals surface area (Å²) in [6.45, 7) is 5.97. The third kappa shape index (κ3) is 3.85. The minimum atomic E-state index is -0.165. The number of rotatable bonds is 7. The van der Waals surface area contributed by atoms with E-state index in [4.69, 9.17) is 5.73 Å². The fourth-order valence-electron chi connectivity index (χ4n) is 1.81. The summed E-state index contributed by atoms with van der Waals surface area (Å²) in [4.78, 5) is 15.9. The predicted octanol–water partition coefficient (Wildman–Crippen LogP) is 0.547. The highest BCUT2D eigenvalue weighted by molar-refractivity contribution is 5.79. The number of carbonyl (C=O) groups excluding carboxylic acids is 1. The van der Waals surface area contributed by atoms with Gasteiger partial charge in [-0.2, -0.15) is 0 Å². The van der Waals surface area contributed by atoms with E-state index < -0.39 is 0 Å². The van der Waals surface area contributed by atoms with Crippen LogP contribution in [0.1, 0.15) is 26.0 Å². The zero-order valence-corrected chi connectivity index (χ0v) is 10.6. The van der Waals surface area contributed by atoms with Crippen LogP contribution in [0.25, 0.3) is 0 Å². The summed E-state index contributed by atoms with van der Waals surface area (Å²) in [6, 6.07) is 0. The Morgan fingerprint density at radius 3 is 2.94 bits per heavy atom. The van der Waals surface area contributed by atoms with Crippen molar-refractivity contribution in [2.24, 2.45) is 11.7 Å². The number of amides is 1. The van der Waals surface area contributed by atoms with Crippen LogP contribution in [0.5, 0.6) is 0 Å². The highest BCUT2D eigenvalue weighted by Gasteiger charge is 2.18. The van der Waals surface area contributed by atoms with Gasteiger partial charge < -0.3 is 15.6 Å². The molecule has 0 spiro atoms. The topological polar surface area (TPSA) is 72.9 Å². The lowest BCUT2D eigenvalue weighted by Gasteiger charge is -2.15. The smallest absolute Gasteiger partial charge is 0.224 e. The number of aryl methyl sites for hydroxylation is 1. The van der Waals surface area contributed by atoms with Gasteiger partial charge in [-0.25, -0.2) is 4.98 Å². The van der Waals surface area contributed by atoms with Gasteiger partial charge in [0.1, 0.15) is 0 Å². The molecule has 1 heterocycles. The summed E-state index contributed by atoms with van der Waals surface area (Å²) >= 11 is 0. The quantitative estimate of drug-likeness (QED) is 0.728. The summed E-state index contributed by atoms with van der Waals surface area (Å²) in [5, 5.41) is 2.81. The normalized spacial score (nSPS) is 12.4. The Kier molecular flexibility index (Phi) is 5.69. The molecule has 96 valence electrons. The highest BCUT2D eigenvalue weighted by Crippen LogP contribution is 2.09. The van der Waals surface area contributed by atoms with Crippen LogP contribution in [0.4, 0.5) is 0 Å². The fourth-order valence-corrected chi connectivity index (χ4v) is 1.81. The van der Waals surface area contributed by atoms with E-state index in [-0.39, 0.29) is 11.8 Å². The van der Waals surface area contributed by atoms with Gasteiger partial charge in [-0.3, -0.25) is 4.79 Å². The predicted molar refractivity (Wildman–Crippen MR) is 67.5 cm³/mol. The average molecular weight is 238 g/mol. The van der Waals surface area contributed by atoms with Crippen molar-refractivity contribution in [1.29, 1.82) is 0 Å². The van der Waals surface area contributed by atoms with Crippen LogP contribution in [0.2, 0.25) is 0 Å². The molecule has 0 bridgehead atoms. The molecule has 0 aliphatic rings. The summed E-state index contributed by atoms with van der Waals surface area (Å²) in [7, 11) is 0. The van der Waals surface area contributed by atoms with Crippen molar-refractivity contribution in [2.75, 3.05) is 13.1 Å². The lowest BCUT2D eigenvalue weighted by Crippen LogP contribution is -2.36. The Bertz CT molecular complexity index is 348. The molecule has 1 unspecified atom stereocenters. The van der Waals surface area contributed by atoms with Gasteiger partial charge in [0, 0.05) is 37.9 Å². The molecule has 1 aromatic rings. The van der Waals surface area contributed by atoms with Crippen molar-refractivity contribution >= 4 is 5.91 Å². The largest absolute Gasteiger partial charge is 0.356 e. The Balaban J connectivity index is 2.66. The SMILES string of the molecule is CCCn1cncc1CC(CN)C(=O)NCC. The highest BCUT2D eigenvalue weighted by atomic mass is 16.1. The van der Waals surface area contributed by atoms with Gasteiger partial charge in [0.25, 0.3) is 0 Å². The first-order valence-electron chi connectivity index (χ1n) is 6.19. The van der Waals surface area contributed by atoms with Crippen molar-refractivity contribution in [2.45, 2.75) is 33.2 Å². The first-order valence-corrected chi connectivity index (χ1v) is 6.19. The van der Waals surface area contributed by atoms with Crippen LogP contribution in [0, 0.1) is 5.92 Å². The molecule has 1 aromatic heterocycles. The third-order valence-electron chi connectivity index (χ3n) is 2.72. The van der Waals surface area contributed by atoms with E-state index in [1.54, 1.807) is 0 Å². The third-order valence-corrected chi connectivity index (χ3v) is 2.72. The number of imidazole rings is 1. The zero-order chi connectivity index (χ0) is 12.7. The number of carbonyl (C=O) groups is 1. The number of hydrogen-bond acceptors (Lipinski definition) is 3. The van der Waals surface area contributed by atoms with E-state index in [0.29, 0.717) is 19.5 Å². The van der Waals surface area contributed by atoms with Gasteiger partial charge in [0.2, 0.25) is 5.91 Å². The lowest BCUT2D eigenvalue weighted by molar-refractivity contribution is -0.124. The van der Waals surface area contributed by atoms with Gasteiger partial charge in [0.05, 0.1) is 12.2 Å². The van der Waals surface area contributed by atoms with Crippen molar-refractivity contribution < 1.29 is 4.79 Å². The maximum absolute atomic E-state index is 11.7. The summed E-state index contributed by atoms with van der Waals surface area (Å²) < 4.78 is 2.09. The molecule has 0 saturated carbocycles. The standard InChI is InChI=1S/C12H22N4O/c1-3-5-16-9-14-8-11(16)6-10(7-13)12(17)15-4-2/h8-10H,3-7,13H2,1-2H3,(H,15,17). The van der Waals surface area contributed by atoms with Gasteiger partial charge in [-0.1, -0.05) is 6.92 Å². The van der Waals surface area contributed by atoms with E-state index in [1.807, 2.05) is 19.4 Å². The number of nitrogens with one attached hydrogen (secondary N) is 1. The van der Waals surface area contributed by atoms with Crippen LogP contribution < -0.4 is 11.1 Å². The monoisotopic (exact) mass is 238 g/mol. The molecule has 3 N–H and O–H groups in total. The molecule has 0 fully saturated rings. The van der Waals surface area contributed by atoms with Crippen LogP contribution in [0.3, 0.4) is 0 Å². The summed E-state index contributed by atoms with van der Waals surface area (Å²) in [6.07, 6.45) is 5.34. The van der Waals surface area contributed by atoms with Crippen molar-refractivity contribution in [3.8, 4) is 0 Å². The molecule has 1 atom stereocenters. The van der Waals surface area contributed by atoms with E-state index >= 15 is 0 Å². The molecule has 1 rings (SSSR count). The number of hydrogen-bond donors (Lipinski definition) is 2. The fraction of sp³-hybridized carbons (Fsp3) is 0.667. The maximum Gasteiger partial charge on any atom is 0.224 e. The summed E-state index contributed by atoms with van der Waals surface area (Å²) in [5.41, 5.74) is 6.73. The van der Waals surface area contributed by atoms with Crippen molar-refractivity contribution in [3.63, 3.8) is 0 Å². The molecule has 0 radical (unpaired) electrons. The van der Waals surface area contributed by atoms with Gasteiger partial charge in [0.15, 0.2) is 0 Å². The first-order chi connectivity index (χ1) is 8.22. The second kappa shape index (κ2) is 7.06. The molecule has 17 heavy (non-hydrogen) atoms. The molecule has 0 aliphatic carbocycles. The van der Waals surface area contributed by atoms with Crippen LogP contribution >= 0.6 is 0 Å². The Labute approximate surface area is 102 Å². The number of nitrogens with zero attached hydrogens (tertiary/aromatic N) is 2. The molecule has 5 heteroatoms. The molecule has 0 saturated heterocycles. The van der Waals surface area contributed by atoms with Crippen molar-refractivity contribution in [3.05, 3.63) is 18.2 Å². The molecule has 0 aliphatic heterocycles. The van der Waals surface area contributed by atoms with Gasteiger partial charge >= 0.3 is 0 Å². The molecule has 1 amide bonds. The first kappa shape index (κ1) is 13.7. The molecule has 0 aromatic carbocycles. The second-order valence-electron chi connectivity index (χ2n) is 4.11. The second-order valence-corrected chi connectivity index (χ2v) is 4.11. The maximum atomic E-state index is 11.7. The lowest BCUT2D eigenvalue weighted by atomic mass is 10.0. The number of aromatic nitrogens is 2. The van der Waals surface area contributed by atoms with E-state index in [1.165, 1.54) is 0 Å². The zero-order valence-electron chi connectivity index (χ0n) is 10.6. The molecular weight excluding hydrogens is 216 g/mol. The van der Waals surface area contributed by atoms with E-state index in [0.717, 1.165) is 18.7 Å². The summed E-state index contributed by atoms with van der Waals surface area (Å²) in [5.74, 6) is -0.137. The minimum absolute atomic E-state index is 0.0271. The molecular formula is C12H22N4O. The van der Waals surface area contributed by atoms with Crippen LogP contribution in [-0.2, 0) is 17.8 Å². The minimum Gasteiger partial charge on any atom is -0.356 e. The Hall–Kier alpha value is -1.36. The van der Waals surface area contributed by atoms with Gasteiger partial charge in [-0.05, 0) is 13.3 Å². The molecule has 5 nitrogen and oxygen atoms in total. The average Bonchev–Trinajstić information content (AvgIpc) is 2.74. The van der Waals surface area contributed by atoms with E-state index in [9.17, 15) is 4.79 Å². The van der Waals surface area contributed by atoms with E-state index in [2.05, 4.69) is 21.8 Å². The number of nitrogens with two attached hydrogens (primary N) is 1. The van der Waals surface area contributed by atoms with Gasteiger partial charge in [-0.15, -0.1) is 0 Å². The van der Waals surface area contributed by atoms with Crippen molar-refractivity contribution in [1.82, 2.24) is 14.9 Å². The van der Waals surface area contributed by atoms with Crippen LogP contribution in [0.15, 0.2) is 12.5 Å². The Morgan fingerprint density at radius 2 is 2.35 bits per heavy atom. The Morgan fingerprint density at radius 1 is 1.59 bits per heavy atom.